The minimum atomic E-state index is 0.912. The summed E-state index contributed by atoms with van der Waals surface area (Å²) in [4.78, 5) is 2.42. The Kier molecular flexibility index (Phi) is 6.17. The van der Waals surface area contributed by atoms with Crippen molar-refractivity contribution in [3.63, 3.8) is 0 Å². The normalized spacial score (nSPS) is 11.5. The van der Waals surface area contributed by atoms with Gasteiger partial charge in [0.25, 0.3) is 0 Å². The van der Waals surface area contributed by atoms with E-state index in [2.05, 4.69) is 181 Å². The zero-order valence-corrected chi connectivity index (χ0v) is 25.1. The molecule has 0 aliphatic heterocycles. The lowest BCUT2D eigenvalue weighted by Gasteiger charge is -2.29. The SMILES string of the molecule is c1ccc(-c2ccc(N(c3ccccc3)c3cc4c5cccc(-c6ccccc6)c5oc4c4ccccc34)c3ccccc23)cc1. The van der Waals surface area contributed by atoms with Gasteiger partial charge in [0, 0.05) is 38.2 Å². The highest BCUT2D eigenvalue weighted by Crippen LogP contribution is 2.48. The third kappa shape index (κ3) is 4.19. The van der Waals surface area contributed by atoms with Crippen LogP contribution in [0.2, 0.25) is 0 Å². The number of benzene rings is 8. The monoisotopic (exact) mass is 587 g/mol. The average molecular weight is 588 g/mol. The maximum Gasteiger partial charge on any atom is 0.143 e. The largest absolute Gasteiger partial charge is 0.455 e. The van der Waals surface area contributed by atoms with E-state index in [1.165, 1.54) is 21.9 Å². The molecule has 0 unspecified atom stereocenters. The number of hydrogen-bond acceptors (Lipinski definition) is 2. The molecule has 8 aromatic carbocycles. The topological polar surface area (TPSA) is 16.4 Å². The van der Waals surface area contributed by atoms with Gasteiger partial charge in [-0.3, -0.25) is 0 Å². The van der Waals surface area contributed by atoms with Crippen LogP contribution in [0.4, 0.5) is 17.1 Å². The molecular weight excluding hydrogens is 558 g/mol. The highest BCUT2D eigenvalue weighted by molar-refractivity contribution is 6.21. The fraction of sp³-hybridized carbons (Fsp3) is 0. The molecule has 46 heavy (non-hydrogen) atoms. The Morgan fingerprint density at radius 2 is 0.848 bits per heavy atom. The highest BCUT2D eigenvalue weighted by Gasteiger charge is 2.23. The standard InChI is InChI=1S/C44H29NO/c1-4-15-30(16-5-1)33-27-28-41(36-22-11-10-21-35(33)36)45(32-19-8-3-9-20-32)42-29-40-39-26-14-25-34(31-17-6-2-7-18-31)43(39)46-44(40)38-24-13-12-23-37(38)42/h1-29H. The summed E-state index contributed by atoms with van der Waals surface area (Å²) in [5.41, 5.74) is 9.84. The van der Waals surface area contributed by atoms with E-state index >= 15 is 0 Å². The Hall–Kier alpha value is -6.12. The molecule has 0 bridgehead atoms. The van der Waals surface area contributed by atoms with Gasteiger partial charge in [0.1, 0.15) is 11.2 Å². The summed E-state index contributed by atoms with van der Waals surface area (Å²) >= 11 is 0. The molecule has 0 atom stereocenters. The van der Waals surface area contributed by atoms with Gasteiger partial charge in [-0.1, -0.05) is 152 Å². The number of fused-ring (bicyclic) bond motifs is 6. The number of rotatable bonds is 5. The smallest absolute Gasteiger partial charge is 0.143 e. The Labute approximate surface area is 267 Å². The first-order valence-corrected chi connectivity index (χ1v) is 15.7. The van der Waals surface area contributed by atoms with Crippen molar-refractivity contribution in [1.82, 2.24) is 0 Å². The summed E-state index contributed by atoms with van der Waals surface area (Å²) in [6.45, 7) is 0. The van der Waals surface area contributed by atoms with E-state index < -0.39 is 0 Å². The molecule has 0 saturated heterocycles. The second-order valence-corrected chi connectivity index (χ2v) is 11.7. The lowest BCUT2D eigenvalue weighted by molar-refractivity contribution is 0.674. The van der Waals surface area contributed by atoms with E-state index in [4.69, 9.17) is 4.42 Å². The van der Waals surface area contributed by atoms with Gasteiger partial charge >= 0.3 is 0 Å². The lowest BCUT2D eigenvalue weighted by Crippen LogP contribution is -2.11. The number of hydrogen-bond donors (Lipinski definition) is 0. The average Bonchev–Trinajstić information content (AvgIpc) is 3.52. The molecule has 0 fully saturated rings. The second-order valence-electron chi connectivity index (χ2n) is 11.7. The molecule has 0 N–H and O–H groups in total. The summed E-state index contributed by atoms with van der Waals surface area (Å²) in [6.07, 6.45) is 0. The van der Waals surface area contributed by atoms with Crippen molar-refractivity contribution in [2.24, 2.45) is 0 Å². The molecule has 9 rings (SSSR count). The number of para-hydroxylation sites is 2. The van der Waals surface area contributed by atoms with Gasteiger partial charge in [0.05, 0.1) is 11.4 Å². The first-order valence-electron chi connectivity index (χ1n) is 15.7. The Morgan fingerprint density at radius 1 is 0.326 bits per heavy atom. The molecule has 0 saturated carbocycles. The summed E-state index contributed by atoms with van der Waals surface area (Å²) in [5, 5.41) is 6.86. The molecule has 1 heterocycles. The van der Waals surface area contributed by atoms with E-state index in [1.807, 2.05) is 0 Å². The van der Waals surface area contributed by atoms with Crippen LogP contribution < -0.4 is 4.90 Å². The van der Waals surface area contributed by atoms with Gasteiger partial charge in [0.2, 0.25) is 0 Å². The maximum absolute atomic E-state index is 6.81. The van der Waals surface area contributed by atoms with Crippen molar-refractivity contribution in [3.8, 4) is 22.3 Å². The molecule has 216 valence electrons. The fourth-order valence-electron chi connectivity index (χ4n) is 6.96. The minimum absolute atomic E-state index is 0.912. The quantitative estimate of drug-likeness (QED) is 0.199. The third-order valence-corrected chi connectivity index (χ3v) is 9.05. The molecule has 0 aliphatic rings. The number of anilines is 3. The molecule has 0 spiro atoms. The molecule has 2 heteroatoms. The van der Waals surface area contributed by atoms with Crippen LogP contribution in [-0.4, -0.2) is 0 Å². The zero-order valence-electron chi connectivity index (χ0n) is 25.1. The first-order chi connectivity index (χ1) is 22.8. The van der Waals surface area contributed by atoms with E-state index in [9.17, 15) is 0 Å². The van der Waals surface area contributed by atoms with Crippen molar-refractivity contribution < 1.29 is 4.42 Å². The van der Waals surface area contributed by atoms with Crippen LogP contribution in [0.25, 0.3) is 65.7 Å². The van der Waals surface area contributed by atoms with Crippen LogP contribution in [-0.2, 0) is 0 Å². The van der Waals surface area contributed by atoms with Crippen LogP contribution in [0, 0.1) is 0 Å². The van der Waals surface area contributed by atoms with E-state index in [1.54, 1.807) is 0 Å². The molecule has 1 aromatic heterocycles. The van der Waals surface area contributed by atoms with Gasteiger partial charge in [0.15, 0.2) is 0 Å². The van der Waals surface area contributed by atoms with Crippen LogP contribution in [0.5, 0.6) is 0 Å². The number of furan rings is 1. The number of nitrogens with zero attached hydrogens (tertiary/aromatic N) is 1. The van der Waals surface area contributed by atoms with Crippen LogP contribution >= 0.6 is 0 Å². The van der Waals surface area contributed by atoms with Crippen molar-refractivity contribution in [2.75, 3.05) is 4.90 Å². The Bertz CT molecular complexity index is 2510. The highest BCUT2D eigenvalue weighted by atomic mass is 16.3. The maximum atomic E-state index is 6.81. The van der Waals surface area contributed by atoms with Crippen molar-refractivity contribution >= 4 is 60.5 Å². The molecule has 0 radical (unpaired) electrons. The lowest BCUT2D eigenvalue weighted by atomic mass is 9.95. The summed E-state index contributed by atoms with van der Waals surface area (Å²) in [6, 6.07) is 62.6. The first kappa shape index (κ1) is 26.3. The predicted molar refractivity (Wildman–Crippen MR) is 194 cm³/mol. The molecular formula is C44H29NO. The van der Waals surface area contributed by atoms with Crippen LogP contribution in [0.1, 0.15) is 0 Å². The molecule has 2 nitrogen and oxygen atoms in total. The second kappa shape index (κ2) is 10.8. The fourth-order valence-corrected chi connectivity index (χ4v) is 6.96. The van der Waals surface area contributed by atoms with Gasteiger partial charge in [-0.05, 0) is 46.3 Å². The van der Waals surface area contributed by atoms with Crippen LogP contribution in [0.15, 0.2) is 180 Å². The van der Waals surface area contributed by atoms with E-state index in [-0.39, 0.29) is 0 Å². The molecule has 0 aliphatic carbocycles. The van der Waals surface area contributed by atoms with Gasteiger partial charge < -0.3 is 9.32 Å². The Balaban J connectivity index is 1.36. The summed E-state index contributed by atoms with van der Waals surface area (Å²) < 4.78 is 6.81. The van der Waals surface area contributed by atoms with Gasteiger partial charge in [-0.15, -0.1) is 0 Å². The summed E-state index contributed by atoms with van der Waals surface area (Å²) in [7, 11) is 0. The predicted octanol–water partition coefficient (Wildman–Crippen LogP) is 12.7. The van der Waals surface area contributed by atoms with Crippen molar-refractivity contribution in [2.45, 2.75) is 0 Å². The molecule has 9 aromatic rings. The minimum Gasteiger partial charge on any atom is -0.455 e. The van der Waals surface area contributed by atoms with E-state index in [0.717, 1.165) is 60.9 Å². The van der Waals surface area contributed by atoms with Crippen molar-refractivity contribution in [1.29, 1.82) is 0 Å². The van der Waals surface area contributed by atoms with Gasteiger partial charge in [-0.25, -0.2) is 0 Å². The van der Waals surface area contributed by atoms with Gasteiger partial charge in [-0.2, -0.15) is 0 Å². The van der Waals surface area contributed by atoms with Crippen LogP contribution in [0.3, 0.4) is 0 Å². The van der Waals surface area contributed by atoms with Crippen molar-refractivity contribution in [3.05, 3.63) is 176 Å². The molecule has 0 amide bonds. The third-order valence-electron chi connectivity index (χ3n) is 9.05. The Morgan fingerprint density at radius 3 is 1.54 bits per heavy atom. The van der Waals surface area contributed by atoms with E-state index in [0.29, 0.717) is 0 Å². The zero-order chi connectivity index (χ0) is 30.5. The summed E-state index contributed by atoms with van der Waals surface area (Å²) in [5.74, 6) is 0.